The maximum absolute atomic E-state index is 4.44. The molecular weight excluding hydrogens is 242 g/mol. The van der Waals surface area contributed by atoms with Crippen molar-refractivity contribution in [1.29, 1.82) is 0 Å². The summed E-state index contributed by atoms with van der Waals surface area (Å²) in [5, 5.41) is 3.32. The van der Waals surface area contributed by atoms with Crippen molar-refractivity contribution in [3.63, 3.8) is 0 Å². The predicted octanol–water partition coefficient (Wildman–Crippen LogP) is 2.71. The second-order valence-electron chi connectivity index (χ2n) is 4.36. The molecule has 0 aliphatic rings. The molecule has 2 aromatic rings. The van der Waals surface area contributed by atoms with Gasteiger partial charge in [-0.25, -0.2) is 4.98 Å². The van der Waals surface area contributed by atoms with Crippen molar-refractivity contribution in [3.8, 4) is 0 Å². The van der Waals surface area contributed by atoms with Crippen molar-refractivity contribution in [1.82, 2.24) is 14.9 Å². The molecule has 0 spiro atoms. The summed E-state index contributed by atoms with van der Waals surface area (Å²) in [5.74, 6) is 0. The second-order valence-corrected chi connectivity index (χ2v) is 5.62. The van der Waals surface area contributed by atoms with E-state index >= 15 is 0 Å². The first-order valence-corrected chi connectivity index (χ1v) is 7.42. The fourth-order valence-electron chi connectivity index (χ4n) is 1.89. The first-order valence-electron chi connectivity index (χ1n) is 6.60. The normalized spacial score (nSPS) is 11.0. The average molecular weight is 263 g/mol. The van der Waals surface area contributed by atoms with E-state index in [0.29, 0.717) is 0 Å². The largest absolute Gasteiger partial charge is 0.332 e. The van der Waals surface area contributed by atoms with Crippen molar-refractivity contribution in [2.75, 3.05) is 13.1 Å². The van der Waals surface area contributed by atoms with Gasteiger partial charge in [-0.05, 0) is 25.1 Å². The summed E-state index contributed by atoms with van der Waals surface area (Å²) in [4.78, 5) is 7.30. The molecule has 0 fully saturated rings. The van der Waals surface area contributed by atoms with Crippen molar-refractivity contribution < 1.29 is 0 Å². The Hall–Kier alpha value is -1.13. The van der Waals surface area contributed by atoms with E-state index in [1.165, 1.54) is 15.4 Å². The minimum absolute atomic E-state index is 0.943. The highest BCUT2D eigenvalue weighted by molar-refractivity contribution is 7.11. The number of imidazole rings is 1. The third kappa shape index (κ3) is 3.68. The van der Waals surface area contributed by atoms with Crippen LogP contribution < -0.4 is 5.32 Å². The van der Waals surface area contributed by atoms with Gasteiger partial charge in [0.25, 0.3) is 0 Å². The van der Waals surface area contributed by atoms with Gasteiger partial charge in [-0.15, -0.1) is 11.3 Å². The summed E-state index contributed by atoms with van der Waals surface area (Å²) >= 11 is 1.90. The number of aromatic nitrogens is 2. The second kappa shape index (κ2) is 6.71. The molecule has 18 heavy (non-hydrogen) atoms. The Labute approximate surface area is 113 Å². The molecule has 0 radical (unpaired) electrons. The van der Waals surface area contributed by atoms with Crippen LogP contribution in [0.25, 0.3) is 0 Å². The van der Waals surface area contributed by atoms with Gasteiger partial charge in [0, 0.05) is 28.9 Å². The molecule has 0 aromatic carbocycles. The van der Waals surface area contributed by atoms with Gasteiger partial charge in [0.05, 0.1) is 18.6 Å². The number of rotatable bonds is 7. The number of hydrogen-bond acceptors (Lipinski definition) is 3. The zero-order valence-corrected chi connectivity index (χ0v) is 12.0. The van der Waals surface area contributed by atoms with Crippen LogP contribution in [0.2, 0.25) is 0 Å². The highest BCUT2D eigenvalue weighted by Crippen LogP contribution is 2.18. The molecule has 0 aliphatic carbocycles. The highest BCUT2D eigenvalue weighted by Gasteiger charge is 2.02. The van der Waals surface area contributed by atoms with Gasteiger partial charge in [-0.3, -0.25) is 0 Å². The Morgan fingerprint density at radius 1 is 1.28 bits per heavy atom. The fourth-order valence-corrected chi connectivity index (χ4v) is 2.86. The number of aryl methyl sites for hydroxylation is 1. The standard InChI is InChI=1S/C14H21N3S/c1-3-13-5-6-14(18-13)10-17-9-12(16-11-17)7-8-15-4-2/h5-6,9,11,15H,3-4,7-8,10H2,1-2H3. The Morgan fingerprint density at radius 3 is 2.83 bits per heavy atom. The minimum atomic E-state index is 0.943. The van der Waals surface area contributed by atoms with Gasteiger partial charge in [0.1, 0.15) is 0 Å². The van der Waals surface area contributed by atoms with Gasteiger partial charge in [-0.1, -0.05) is 13.8 Å². The lowest BCUT2D eigenvalue weighted by molar-refractivity contribution is 0.709. The molecule has 4 heteroatoms. The lowest BCUT2D eigenvalue weighted by Gasteiger charge is -1.99. The Bertz CT molecular complexity index is 473. The third-order valence-corrected chi connectivity index (χ3v) is 4.11. The van der Waals surface area contributed by atoms with E-state index in [0.717, 1.165) is 32.5 Å². The van der Waals surface area contributed by atoms with Gasteiger partial charge >= 0.3 is 0 Å². The zero-order valence-electron chi connectivity index (χ0n) is 11.1. The minimum Gasteiger partial charge on any atom is -0.332 e. The maximum atomic E-state index is 4.44. The van der Waals surface area contributed by atoms with Crippen LogP contribution in [-0.4, -0.2) is 22.6 Å². The van der Waals surface area contributed by atoms with Crippen LogP contribution in [0.5, 0.6) is 0 Å². The average Bonchev–Trinajstić information content (AvgIpc) is 3.00. The number of hydrogen-bond donors (Lipinski definition) is 1. The molecule has 0 unspecified atom stereocenters. The van der Waals surface area contributed by atoms with Crippen LogP contribution in [0.3, 0.4) is 0 Å². The summed E-state index contributed by atoms with van der Waals surface area (Å²) in [6, 6.07) is 4.45. The molecule has 1 N–H and O–H groups in total. The van der Waals surface area contributed by atoms with E-state index in [4.69, 9.17) is 0 Å². The van der Waals surface area contributed by atoms with E-state index in [1.807, 2.05) is 17.7 Å². The molecule has 0 saturated heterocycles. The lowest BCUT2D eigenvalue weighted by Crippen LogP contribution is -2.16. The van der Waals surface area contributed by atoms with Gasteiger partial charge < -0.3 is 9.88 Å². The Balaban J connectivity index is 1.89. The first kappa shape index (κ1) is 13.3. The SMILES string of the molecule is CCNCCc1cn(Cc2ccc(CC)s2)cn1. The molecule has 3 nitrogen and oxygen atoms in total. The summed E-state index contributed by atoms with van der Waals surface area (Å²) in [6.45, 7) is 7.30. The van der Waals surface area contributed by atoms with E-state index < -0.39 is 0 Å². The fraction of sp³-hybridized carbons (Fsp3) is 0.500. The van der Waals surface area contributed by atoms with Crippen molar-refractivity contribution >= 4 is 11.3 Å². The number of thiophene rings is 1. The lowest BCUT2D eigenvalue weighted by atomic mass is 10.3. The third-order valence-electron chi connectivity index (χ3n) is 2.90. The predicted molar refractivity (Wildman–Crippen MR) is 77.3 cm³/mol. The molecule has 0 aliphatic heterocycles. The molecule has 2 rings (SSSR count). The van der Waals surface area contributed by atoms with Gasteiger partial charge in [-0.2, -0.15) is 0 Å². The van der Waals surface area contributed by atoms with Crippen LogP contribution >= 0.6 is 11.3 Å². The molecule has 98 valence electrons. The quantitative estimate of drug-likeness (QED) is 0.778. The zero-order chi connectivity index (χ0) is 12.8. The van der Waals surface area contributed by atoms with E-state index in [2.05, 4.69) is 47.0 Å². The topological polar surface area (TPSA) is 29.9 Å². The first-order chi connectivity index (χ1) is 8.81. The van der Waals surface area contributed by atoms with Crippen LogP contribution in [0.4, 0.5) is 0 Å². The summed E-state index contributed by atoms with van der Waals surface area (Å²) in [7, 11) is 0. The van der Waals surface area contributed by atoms with Gasteiger partial charge in [0.2, 0.25) is 0 Å². The molecule has 0 saturated carbocycles. The van der Waals surface area contributed by atoms with Crippen LogP contribution in [0.15, 0.2) is 24.7 Å². The van der Waals surface area contributed by atoms with Crippen molar-refractivity contribution in [2.45, 2.75) is 33.2 Å². The Morgan fingerprint density at radius 2 is 2.11 bits per heavy atom. The summed E-state index contributed by atoms with van der Waals surface area (Å²) in [6.07, 6.45) is 6.23. The molecule has 0 atom stereocenters. The molecule has 2 aromatic heterocycles. The van der Waals surface area contributed by atoms with Crippen molar-refractivity contribution in [3.05, 3.63) is 40.1 Å². The molecule has 0 bridgehead atoms. The van der Waals surface area contributed by atoms with Crippen LogP contribution in [0, 0.1) is 0 Å². The molecule has 2 heterocycles. The maximum Gasteiger partial charge on any atom is 0.0952 e. The van der Waals surface area contributed by atoms with Crippen molar-refractivity contribution in [2.24, 2.45) is 0 Å². The number of nitrogens with zero attached hydrogens (tertiary/aromatic N) is 2. The smallest absolute Gasteiger partial charge is 0.0952 e. The molecular formula is C14H21N3S. The summed E-state index contributed by atoms with van der Waals surface area (Å²) in [5.41, 5.74) is 1.17. The molecule has 0 amide bonds. The van der Waals surface area contributed by atoms with E-state index in [1.54, 1.807) is 0 Å². The van der Waals surface area contributed by atoms with E-state index in [-0.39, 0.29) is 0 Å². The summed E-state index contributed by atoms with van der Waals surface area (Å²) < 4.78 is 2.17. The Kier molecular flexibility index (Phi) is 4.96. The number of likely N-dealkylation sites (N-methyl/N-ethyl adjacent to an activating group) is 1. The van der Waals surface area contributed by atoms with Crippen LogP contribution in [-0.2, 0) is 19.4 Å². The highest BCUT2D eigenvalue weighted by atomic mass is 32.1. The van der Waals surface area contributed by atoms with Crippen LogP contribution in [0.1, 0.15) is 29.3 Å². The van der Waals surface area contributed by atoms with E-state index in [9.17, 15) is 0 Å². The monoisotopic (exact) mass is 263 g/mol. The van der Waals surface area contributed by atoms with Gasteiger partial charge in [0.15, 0.2) is 0 Å². The number of nitrogens with one attached hydrogen (secondary N) is 1.